The molecule has 0 saturated heterocycles. The van der Waals surface area contributed by atoms with E-state index >= 15 is 0 Å². The molecule has 1 aromatic carbocycles. The van der Waals surface area contributed by atoms with E-state index in [0.717, 1.165) is 50.8 Å². The van der Waals surface area contributed by atoms with Crippen molar-refractivity contribution in [1.29, 1.82) is 0 Å². The Labute approximate surface area is 186 Å². The average Bonchev–Trinajstić information content (AvgIpc) is 3.34. The number of carboxylic acid groups (broad SMARTS) is 1. The van der Waals surface area contributed by atoms with E-state index in [1.165, 1.54) is 0 Å². The SMILES string of the molecule is C=CCN(CC)c1nc2c(Cn3nc(C(=O)O)cc3C)cc(/C(C)=C/C=C\C)cc2s1. The van der Waals surface area contributed by atoms with Gasteiger partial charge in [-0.2, -0.15) is 5.10 Å². The van der Waals surface area contributed by atoms with Gasteiger partial charge in [0.25, 0.3) is 0 Å². The molecule has 0 fully saturated rings. The number of nitrogens with zero attached hydrogens (tertiary/aromatic N) is 4. The van der Waals surface area contributed by atoms with Gasteiger partial charge >= 0.3 is 5.97 Å². The Morgan fingerprint density at radius 1 is 1.35 bits per heavy atom. The molecule has 162 valence electrons. The zero-order chi connectivity index (χ0) is 22.5. The first-order valence-electron chi connectivity index (χ1n) is 10.2. The number of hydrogen-bond acceptors (Lipinski definition) is 5. The first-order chi connectivity index (χ1) is 14.9. The second-order valence-corrected chi connectivity index (χ2v) is 8.32. The fraction of sp³-hybridized carbons (Fsp3) is 0.292. The Balaban J connectivity index is 2.15. The van der Waals surface area contributed by atoms with Crippen LogP contribution in [0.15, 0.2) is 49.1 Å². The van der Waals surface area contributed by atoms with Crippen LogP contribution < -0.4 is 4.90 Å². The fourth-order valence-corrected chi connectivity index (χ4v) is 4.47. The third-order valence-electron chi connectivity index (χ3n) is 5.08. The van der Waals surface area contributed by atoms with Crippen molar-refractivity contribution in [3.8, 4) is 0 Å². The van der Waals surface area contributed by atoms with Crippen LogP contribution in [0.4, 0.5) is 5.13 Å². The molecule has 0 amide bonds. The molecule has 0 saturated carbocycles. The quantitative estimate of drug-likeness (QED) is 0.352. The Kier molecular flexibility index (Phi) is 7.07. The van der Waals surface area contributed by atoms with Crippen molar-refractivity contribution < 1.29 is 9.90 Å². The predicted molar refractivity (Wildman–Crippen MR) is 129 cm³/mol. The van der Waals surface area contributed by atoms with Gasteiger partial charge in [0, 0.05) is 24.3 Å². The van der Waals surface area contributed by atoms with Gasteiger partial charge in [-0.1, -0.05) is 35.6 Å². The third-order valence-corrected chi connectivity index (χ3v) is 6.14. The molecule has 1 N–H and O–H groups in total. The predicted octanol–water partition coefficient (Wildman–Crippen LogP) is 5.54. The molecule has 6 nitrogen and oxygen atoms in total. The van der Waals surface area contributed by atoms with E-state index < -0.39 is 5.97 Å². The topological polar surface area (TPSA) is 71.2 Å². The molecule has 3 aromatic rings. The highest BCUT2D eigenvalue weighted by atomic mass is 32.1. The number of rotatable bonds is 9. The van der Waals surface area contributed by atoms with E-state index in [1.807, 2.05) is 32.1 Å². The molecule has 0 radical (unpaired) electrons. The number of aromatic nitrogens is 3. The van der Waals surface area contributed by atoms with Crippen LogP contribution in [0.1, 0.15) is 48.1 Å². The lowest BCUT2D eigenvalue weighted by atomic mass is 10.0. The molecular formula is C24H28N4O2S. The van der Waals surface area contributed by atoms with Crippen LogP contribution in [0, 0.1) is 6.92 Å². The van der Waals surface area contributed by atoms with Gasteiger partial charge in [0.1, 0.15) is 0 Å². The van der Waals surface area contributed by atoms with Gasteiger partial charge in [-0.15, -0.1) is 6.58 Å². The van der Waals surface area contributed by atoms with E-state index in [-0.39, 0.29) is 5.69 Å². The summed E-state index contributed by atoms with van der Waals surface area (Å²) in [6.07, 6.45) is 8.00. The maximum absolute atomic E-state index is 11.3. The number of benzene rings is 1. The summed E-state index contributed by atoms with van der Waals surface area (Å²) in [7, 11) is 0. The molecule has 0 unspecified atom stereocenters. The van der Waals surface area contributed by atoms with Crippen molar-refractivity contribution in [3.05, 3.63) is 71.6 Å². The van der Waals surface area contributed by atoms with Crippen LogP contribution in [-0.2, 0) is 6.54 Å². The minimum Gasteiger partial charge on any atom is -0.476 e. The van der Waals surface area contributed by atoms with Crippen molar-refractivity contribution in [3.63, 3.8) is 0 Å². The van der Waals surface area contributed by atoms with E-state index in [2.05, 4.69) is 48.6 Å². The van der Waals surface area contributed by atoms with Crippen molar-refractivity contribution in [2.75, 3.05) is 18.0 Å². The summed E-state index contributed by atoms with van der Waals surface area (Å²) in [5.74, 6) is -1.02. The third kappa shape index (κ3) is 4.94. The fourth-order valence-electron chi connectivity index (χ4n) is 3.34. The highest BCUT2D eigenvalue weighted by molar-refractivity contribution is 7.22. The standard InChI is InChI=1S/C24H28N4O2S/c1-6-9-10-16(4)18-13-19(15-28-17(5)12-20(26-28)23(29)30)22-21(14-18)31-24(25-22)27(8-3)11-7-2/h6-7,9-10,12-14H,2,8,11,15H2,1,3-5H3,(H,29,30)/b9-6-,16-10+. The molecule has 0 atom stereocenters. The highest BCUT2D eigenvalue weighted by Gasteiger charge is 2.17. The number of fused-ring (bicyclic) bond motifs is 1. The van der Waals surface area contributed by atoms with Gasteiger partial charge in [0.2, 0.25) is 0 Å². The Morgan fingerprint density at radius 3 is 2.74 bits per heavy atom. The van der Waals surface area contributed by atoms with Gasteiger partial charge in [-0.05, 0) is 57.0 Å². The Hall–Kier alpha value is -3.19. The number of allylic oxidation sites excluding steroid dienone is 4. The number of thiazole rings is 1. The van der Waals surface area contributed by atoms with E-state index in [4.69, 9.17) is 4.98 Å². The van der Waals surface area contributed by atoms with Crippen molar-refractivity contribution in [2.24, 2.45) is 0 Å². The summed E-state index contributed by atoms with van der Waals surface area (Å²) in [6.45, 7) is 13.9. The maximum atomic E-state index is 11.3. The average molecular weight is 437 g/mol. The second kappa shape index (κ2) is 9.75. The Morgan fingerprint density at radius 2 is 2.13 bits per heavy atom. The second-order valence-electron chi connectivity index (χ2n) is 7.32. The number of hydrogen-bond donors (Lipinski definition) is 1. The van der Waals surface area contributed by atoms with Gasteiger partial charge in [-0.3, -0.25) is 4.68 Å². The van der Waals surface area contributed by atoms with E-state index in [1.54, 1.807) is 22.1 Å². The molecule has 3 rings (SSSR count). The summed E-state index contributed by atoms with van der Waals surface area (Å²) in [4.78, 5) is 18.5. The van der Waals surface area contributed by atoms with E-state index in [0.29, 0.717) is 6.54 Å². The van der Waals surface area contributed by atoms with Gasteiger partial charge in [0.05, 0.1) is 16.8 Å². The molecule has 7 heteroatoms. The number of aryl methyl sites for hydroxylation is 1. The van der Waals surface area contributed by atoms with Gasteiger partial charge < -0.3 is 10.0 Å². The minimum absolute atomic E-state index is 0.0520. The lowest BCUT2D eigenvalue weighted by molar-refractivity contribution is 0.0689. The molecule has 2 heterocycles. The number of aromatic carboxylic acids is 1. The molecule has 31 heavy (non-hydrogen) atoms. The first-order valence-corrected chi connectivity index (χ1v) is 11.1. The molecule has 0 bridgehead atoms. The van der Waals surface area contributed by atoms with Crippen molar-refractivity contribution in [2.45, 2.75) is 34.2 Å². The number of likely N-dealkylation sites (N-methyl/N-ethyl adjacent to an activating group) is 1. The Bertz CT molecular complexity index is 1170. The first kappa shape index (κ1) is 22.5. The molecule has 0 aliphatic carbocycles. The summed E-state index contributed by atoms with van der Waals surface area (Å²) in [5, 5.41) is 14.5. The maximum Gasteiger partial charge on any atom is 0.356 e. The van der Waals surface area contributed by atoms with Crippen LogP contribution in [0.25, 0.3) is 15.8 Å². The highest BCUT2D eigenvalue weighted by Crippen LogP contribution is 2.34. The summed E-state index contributed by atoms with van der Waals surface area (Å²) in [5.41, 5.74) is 5.06. The largest absolute Gasteiger partial charge is 0.476 e. The normalized spacial score (nSPS) is 12.1. The van der Waals surface area contributed by atoms with Crippen LogP contribution in [-0.4, -0.2) is 38.9 Å². The molecule has 0 aliphatic rings. The number of carbonyl (C=O) groups is 1. The van der Waals surface area contributed by atoms with Crippen molar-refractivity contribution in [1.82, 2.24) is 14.8 Å². The monoisotopic (exact) mass is 436 g/mol. The van der Waals surface area contributed by atoms with Crippen LogP contribution in [0.3, 0.4) is 0 Å². The summed E-state index contributed by atoms with van der Waals surface area (Å²) < 4.78 is 2.83. The molecule has 2 aromatic heterocycles. The van der Waals surface area contributed by atoms with Gasteiger partial charge in [0.15, 0.2) is 10.8 Å². The molecular weight excluding hydrogens is 408 g/mol. The van der Waals surface area contributed by atoms with Crippen molar-refractivity contribution >= 4 is 38.2 Å². The number of carboxylic acids is 1. The van der Waals surface area contributed by atoms with Crippen LogP contribution in [0.5, 0.6) is 0 Å². The lowest BCUT2D eigenvalue weighted by Crippen LogP contribution is -2.22. The smallest absolute Gasteiger partial charge is 0.356 e. The van der Waals surface area contributed by atoms with Gasteiger partial charge in [-0.25, -0.2) is 9.78 Å². The van der Waals surface area contributed by atoms with Crippen LogP contribution in [0.2, 0.25) is 0 Å². The molecule has 0 aliphatic heterocycles. The van der Waals surface area contributed by atoms with E-state index in [9.17, 15) is 9.90 Å². The van der Waals surface area contributed by atoms with Crippen LogP contribution >= 0.6 is 11.3 Å². The number of anilines is 1. The zero-order valence-electron chi connectivity index (χ0n) is 18.4. The minimum atomic E-state index is -1.02. The zero-order valence-corrected chi connectivity index (χ0v) is 19.2. The summed E-state index contributed by atoms with van der Waals surface area (Å²) in [6, 6.07) is 5.90. The molecule has 0 spiro atoms. The lowest BCUT2D eigenvalue weighted by Gasteiger charge is -2.16. The summed E-state index contributed by atoms with van der Waals surface area (Å²) >= 11 is 1.66.